The van der Waals surface area contributed by atoms with Gasteiger partial charge in [0, 0.05) is 11.8 Å². The normalized spacial score (nSPS) is 10.9. The average Bonchev–Trinajstić information content (AvgIpc) is 2.72. The van der Waals surface area contributed by atoms with Crippen LogP contribution >= 0.6 is 0 Å². The van der Waals surface area contributed by atoms with Crippen LogP contribution in [0.1, 0.15) is 5.56 Å². The van der Waals surface area contributed by atoms with Crippen LogP contribution < -0.4 is 19.5 Å². The number of benzene rings is 3. The number of ether oxygens (including phenoxy) is 2. The maximum absolute atomic E-state index is 12.6. The number of hydrogen-bond donors (Lipinski definition) is 2. The third-order valence-electron chi connectivity index (χ3n) is 4.13. The number of carbonyl (C=O) groups is 1. The number of rotatable bonds is 8. The Bertz CT molecular complexity index is 1130. The molecule has 0 aliphatic carbocycles. The summed E-state index contributed by atoms with van der Waals surface area (Å²) in [5.41, 5.74) is 1.89. The van der Waals surface area contributed by atoms with E-state index in [0.717, 1.165) is 5.56 Å². The first-order valence-electron chi connectivity index (χ1n) is 9.12. The predicted molar refractivity (Wildman–Crippen MR) is 116 cm³/mol. The van der Waals surface area contributed by atoms with Crippen molar-refractivity contribution in [1.29, 1.82) is 0 Å². The van der Waals surface area contributed by atoms with Crippen LogP contribution in [0.4, 0.5) is 11.4 Å². The van der Waals surface area contributed by atoms with E-state index >= 15 is 0 Å². The van der Waals surface area contributed by atoms with E-state index in [1.54, 1.807) is 30.3 Å². The molecule has 0 aromatic heterocycles. The Labute approximate surface area is 175 Å². The van der Waals surface area contributed by atoms with Crippen LogP contribution in [-0.2, 0) is 14.8 Å². The van der Waals surface area contributed by atoms with Crippen molar-refractivity contribution in [1.82, 2.24) is 0 Å². The van der Waals surface area contributed by atoms with Crippen molar-refractivity contribution in [3.8, 4) is 11.5 Å². The van der Waals surface area contributed by atoms with Crippen molar-refractivity contribution in [2.24, 2.45) is 0 Å². The number of nitrogens with one attached hydrogen (secondary N) is 2. The summed E-state index contributed by atoms with van der Waals surface area (Å²) in [5, 5.41) is 2.67. The molecule has 156 valence electrons. The van der Waals surface area contributed by atoms with Gasteiger partial charge in [0.2, 0.25) is 0 Å². The molecule has 0 saturated heterocycles. The van der Waals surface area contributed by atoms with Gasteiger partial charge in [0.15, 0.2) is 6.61 Å². The van der Waals surface area contributed by atoms with Crippen LogP contribution in [0.2, 0.25) is 0 Å². The van der Waals surface area contributed by atoms with Crippen molar-refractivity contribution in [3.63, 3.8) is 0 Å². The molecule has 3 aromatic rings. The summed E-state index contributed by atoms with van der Waals surface area (Å²) < 4.78 is 38.2. The van der Waals surface area contributed by atoms with E-state index in [4.69, 9.17) is 9.47 Å². The van der Waals surface area contributed by atoms with Crippen LogP contribution in [0.5, 0.6) is 11.5 Å². The van der Waals surface area contributed by atoms with Gasteiger partial charge in [0.05, 0.1) is 17.7 Å². The maximum atomic E-state index is 12.6. The molecule has 7 nitrogen and oxygen atoms in total. The van der Waals surface area contributed by atoms with Gasteiger partial charge in [0.25, 0.3) is 15.9 Å². The number of sulfonamides is 1. The largest absolute Gasteiger partial charge is 0.497 e. The third-order valence-corrected chi connectivity index (χ3v) is 5.53. The van der Waals surface area contributed by atoms with Gasteiger partial charge in [-0.3, -0.25) is 9.52 Å². The Kier molecular flexibility index (Phi) is 6.58. The molecule has 0 aliphatic rings. The fraction of sp³-hybridized carbons (Fsp3) is 0.136. The van der Waals surface area contributed by atoms with Gasteiger partial charge in [-0.25, -0.2) is 8.42 Å². The molecule has 0 saturated carbocycles. The molecule has 0 atom stereocenters. The highest BCUT2D eigenvalue weighted by Crippen LogP contribution is 2.21. The van der Waals surface area contributed by atoms with E-state index in [0.29, 0.717) is 22.9 Å². The molecule has 0 radical (unpaired) electrons. The van der Waals surface area contributed by atoms with Crippen molar-refractivity contribution in [2.45, 2.75) is 11.8 Å². The molecule has 3 rings (SSSR count). The van der Waals surface area contributed by atoms with E-state index in [-0.39, 0.29) is 17.4 Å². The number of carbonyl (C=O) groups excluding carboxylic acids is 1. The second-order valence-corrected chi connectivity index (χ2v) is 8.20. The summed E-state index contributed by atoms with van der Waals surface area (Å²) in [5.74, 6) is 0.804. The fourth-order valence-electron chi connectivity index (χ4n) is 2.67. The highest BCUT2D eigenvalue weighted by molar-refractivity contribution is 7.92. The lowest BCUT2D eigenvalue weighted by atomic mass is 10.2. The first-order chi connectivity index (χ1) is 14.4. The second kappa shape index (κ2) is 9.32. The molecule has 0 fully saturated rings. The van der Waals surface area contributed by atoms with Crippen LogP contribution in [0.25, 0.3) is 0 Å². The lowest BCUT2D eigenvalue weighted by Crippen LogP contribution is -2.20. The van der Waals surface area contributed by atoms with Crippen LogP contribution in [-0.4, -0.2) is 28.0 Å². The Balaban J connectivity index is 1.60. The van der Waals surface area contributed by atoms with Crippen molar-refractivity contribution >= 4 is 27.3 Å². The molecule has 30 heavy (non-hydrogen) atoms. The van der Waals surface area contributed by atoms with Gasteiger partial charge >= 0.3 is 0 Å². The van der Waals surface area contributed by atoms with Crippen LogP contribution in [0, 0.1) is 6.92 Å². The van der Waals surface area contributed by atoms with Crippen molar-refractivity contribution in [3.05, 3.63) is 78.4 Å². The van der Waals surface area contributed by atoms with Crippen LogP contribution in [0.3, 0.4) is 0 Å². The van der Waals surface area contributed by atoms with Crippen molar-refractivity contribution < 1.29 is 22.7 Å². The summed E-state index contributed by atoms with van der Waals surface area (Å²) in [6.07, 6.45) is 0. The molecule has 0 heterocycles. The monoisotopic (exact) mass is 426 g/mol. The van der Waals surface area contributed by atoms with Gasteiger partial charge in [-0.15, -0.1) is 0 Å². The minimum Gasteiger partial charge on any atom is -0.497 e. The fourth-order valence-corrected chi connectivity index (χ4v) is 3.72. The highest BCUT2D eigenvalue weighted by Gasteiger charge is 2.15. The standard InChI is InChI=1S/C22H22N2O5S/c1-16-5-3-8-20(13-16)29-15-22(25)23-17-9-11-21(12-10-17)30(26,27)24-18-6-4-7-19(14-18)28-2/h3-14,24H,15H2,1-2H3,(H,23,25). The summed E-state index contributed by atoms with van der Waals surface area (Å²) in [7, 11) is -2.27. The lowest BCUT2D eigenvalue weighted by molar-refractivity contribution is -0.118. The van der Waals surface area contributed by atoms with Gasteiger partial charge in [-0.05, 0) is 61.0 Å². The SMILES string of the molecule is COc1cccc(NS(=O)(=O)c2ccc(NC(=O)COc3cccc(C)c3)cc2)c1. The number of amides is 1. The number of anilines is 2. The van der Waals surface area contributed by atoms with Gasteiger partial charge in [0.1, 0.15) is 11.5 Å². The quantitative estimate of drug-likeness (QED) is 0.571. The molecule has 0 spiro atoms. The minimum atomic E-state index is -3.78. The molecular weight excluding hydrogens is 404 g/mol. The van der Waals surface area contributed by atoms with E-state index in [1.807, 2.05) is 25.1 Å². The van der Waals surface area contributed by atoms with E-state index in [2.05, 4.69) is 10.0 Å². The Morgan fingerprint density at radius 3 is 2.30 bits per heavy atom. The van der Waals surface area contributed by atoms with E-state index in [9.17, 15) is 13.2 Å². The highest BCUT2D eigenvalue weighted by atomic mass is 32.2. The smallest absolute Gasteiger partial charge is 0.262 e. The van der Waals surface area contributed by atoms with Gasteiger partial charge in [-0.1, -0.05) is 18.2 Å². The Morgan fingerprint density at radius 2 is 1.60 bits per heavy atom. The van der Waals surface area contributed by atoms with Gasteiger partial charge < -0.3 is 14.8 Å². The Hall–Kier alpha value is -3.52. The molecule has 0 aliphatic heterocycles. The van der Waals surface area contributed by atoms with Gasteiger partial charge in [-0.2, -0.15) is 0 Å². The topological polar surface area (TPSA) is 93.7 Å². The molecule has 3 aromatic carbocycles. The van der Waals surface area contributed by atoms with E-state index < -0.39 is 10.0 Å². The van der Waals surface area contributed by atoms with Crippen LogP contribution in [0.15, 0.2) is 77.7 Å². The average molecular weight is 426 g/mol. The zero-order chi connectivity index (χ0) is 21.6. The zero-order valence-electron chi connectivity index (χ0n) is 16.6. The number of aryl methyl sites for hydroxylation is 1. The van der Waals surface area contributed by atoms with E-state index in [1.165, 1.54) is 31.4 Å². The second-order valence-electron chi connectivity index (χ2n) is 6.52. The summed E-state index contributed by atoms with van der Waals surface area (Å²) in [6.45, 7) is 1.78. The summed E-state index contributed by atoms with van der Waals surface area (Å²) in [6, 6.07) is 19.9. The lowest BCUT2D eigenvalue weighted by Gasteiger charge is -2.11. The molecule has 1 amide bonds. The molecular formula is C22H22N2O5S. The first-order valence-corrected chi connectivity index (χ1v) is 10.6. The molecule has 0 bridgehead atoms. The predicted octanol–water partition coefficient (Wildman–Crippen LogP) is 3.82. The number of methoxy groups -OCH3 is 1. The third kappa shape index (κ3) is 5.74. The molecule has 8 heteroatoms. The first kappa shape index (κ1) is 21.2. The zero-order valence-corrected chi connectivity index (χ0v) is 17.4. The molecule has 0 unspecified atom stereocenters. The molecule has 2 N–H and O–H groups in total. The summed E-state index contributed by atoms with van der Waals surface area (Å²) in [4.78, 5) is 12.1. The summed E-state index contributed by atoms with van der Waals surface area (Å²) >= 11 is 0. The Morgan fingerprint density at radius 1 is 0.900 bits per heavy atom. The minimum absolute atomic E-state index is 0.0688. The maximum Gasteiger partial charge on any atom is 0.262 e. The number of hydrogen-bond acceptors (Lipinski definition) is 5. The van der Waals surface area contributed by atoms with Crippen molar-refractivity contribution in [2.75, 3.05) is 23.8 Å².